The van der Waals surface area contributed by atoms with Crippen LogP contribution in [0.4, 0.5) is 5.69 Å². The van der Waals surface area contributed by atoms with Crippen molar-refractivity contribution in [1.82, 2.24) is 4.90 Å². The lowest BCUT2D eigenvalue weighted by Gasteiger charge is -2.42. The monoisotopic (exact) mass is 512 g/mol. The van der Waals surface area contributed by atoms with E-state index in [-0.39, 0.29) is 17.5 Å². The van der Waals surface area contributed by atoms with Gasteiger partial charge in [-0.1, -0.05) is 38.1 Å². The quantitative estimate of drug-likeness (QED) is 0.337. The van der Waals surface area contributed by atoms with Gasteiger partial charge in [0.05, 0.1) is 6.04 Å². The molecule has 0 aromatic heterocycles. The first-order valence-corrected chi connectivity index (χ1v) is 13.9. The van der Waals surface area contributed by atoms with Crippen molar-refractivity contribution in [2.45, 2.75) is 52.6 Å². The second-order valence-electron chi connectivity index (χ2n) is 11.0. The summed E-state index contributed by atoms with van der Waals surface area (Å²) in [6, 6.07) is 22.0. The number of likely N-dealkylation sites (tertiary alicyclic amines) is 1. The summed E-state index contributed by atoms with van der Waals surface area (Å²) in [5.41, 5.74) is 6.54. The maximum Gasteiger partial charge on any atom is 0.119 e. The fourth-order valence-electron chi connectivity index (χ4n) is 6.04. The molecule has 200 valence electrons. The number of hydrogen-bond donors (Lipinski definition) is 2. The SMILES string of the molecule is CCCN1c2ccc(O)cc2C(C)=C(c2cccc(O)c2)C1c1ccc(OCC(C)N2CCC(C)C2)cc1. The van der Waals surface area contributed by atoms with Crippen molar-refractivity contribution >= 4 is 16.8 Å². The summed E-state index contributed by atoms with van der Waals surface area (Å²) >= 11 is 0. The molecule has 0 spiro atoms. The van der Waals surface area contributed by atoms with Crippen LogP contribution in [0.15, 0.2) is 66.7 Å². The van der Waals surface area contributed by atoms with E-state index < -0.39 is 0 Å². The zero-order chi connectivity index (χ0) is 26.8. The van der Waals surface area contributed by atoms with E-state index in [1.165, 1.54) is 12.0 Å². The van der Waals surface area contributed by atoms with Crippen molar-refractivity contribution in [3.8, 4) is 17.2 Å². The average molecular weight is 513 g/mol. The number of phenolic OH excluding ortho intramolecular Hbond substituents is 2. The van der Waals surface area contributed by atoms with E-state index in [4.69, 9.17) is 4.74 Å². The summed E-state index contributed by atoms with van der Waals surface area (Å²) in [6.45, 7) is 12.7. The Morgan fingerprint density at radius 3 is 2.45 bits per heavy atom. The molecule has 38 heavy (non-hydrogen) atoms. The number of allylic oxidation sites excluding steroid dienone is 1. The van der Waals surface area contributed by atoms with Crippen LogP contribution in [-0.2, 0) is 0 Å². The molecule has 2 N–H and O–H groups in total. The zero-order valence-corrected chi connectivity index (χ0v) is 23.0. The van der Waals surface area contributed by atoms with Crippen LogP contribution in [0.25, 0.3) is 11.1 Å². The van der Waals surface area contributed by atoms with Crippen molar-refractivity contribution in [2.75, 3.05) is 31.1 Å². The number of phenols is 2. The first kappa shape index (κ1) is 26.2. The van der Waals surface area contributed by atoms with Gasteiger partial charge in [0.15, 0.2) is 0 Å². The second-order valence-corrected chi connectivity index (χ2v) is 11.0. The Balaban J connectivity index is 1.49. The number of aromatic hydroxyl groups is 2. The van der Waals surface area contributed by atoms with Gasteiger partial charge in [-0.2, -0.15) is 0 Å². The molecule has 5 heteroatoms. The maximum absolute atomic E-state index is 10.3. The minimum atomic E-state index is -0.0344. The third-order valence-corrected chi connectivity index (χ3v) is 8.07. The maximum atomic E-state index is 10.3. The highest BCUT2D eigenvalue weighted by Crippen LogP contribution is 2.50. The molecular formula is C33H40N2O3. The van der Waals surface area contributed by atoms with E-state index in [0.717, 1.165) is 65.7 Å². The standard InChI is InChI=1S/C33H40N2O3/c1-5-16-35-31-14-11-28(37)19-30(31)24(4)32(26-7-6-8-27(36)18-26)33(35)25-9-12-29(13-10-25)38-21-23(3)34-17-15-22(2)20-34/h6-14,18-19,22-23,33,36-37H,5,15-17,20-21H2,1-4H3. The van der Waals surface area contributed by atoms with E-state index in [0.29, 0.717) is 12.6 Å². The molecule has 2 aliphatic rings. The third kappa shape index (κ3) is 5.25. The molecule has 0 aliphatic carbocycles. The predicted octanol–water partition coefficient (Wildman–Crippen LogP) is 7.11. The molecule has 1 fully saturated rings. The lowest BCUT2D eigenvalue weighted by molar-refractivity contribution is 0.169. The normalized spacial score (nSPS) is 20.5. The molecule has 0 bridgehead atoms. The molecule has 0 amide bonds. The van der Waals surface area contributed by atoms with Crippen LogP contribution >= 0.6 is 0 Å². The van der Waals surface area contributed by atoms with Crippen molar-refractivity contribution < 1.29 is 14.9 Å². The molecule has 0 radical (unpaired) electrons. The Labute approximate surface area is 227 Å². The van der Waals surface area contributed by atoms with Crippen molar-refractivity contribution in [3.63, 3.8) is 0 Å². The van der Waals surface area contributed by atoms with E-state index in [2.05, 4.69) is 67.8 Å². The van der Waals surface area contributed by atoms with Gasteiger partial charge in [0.25, 0.3) is 0 Å². The molecule has 2 heterocycles. The van der Waals surface area contributed by atoms with E-state index >= 15 is 0 Å². The summed E-state index contributed by atoms with van der Waals surface area (Å²) in [7, 11) is 0. The van der Waals surface area contributed by atoms with Crippen molar-refractivity contribution in [1.29, 1.82) is 0 Å². The highest BCUT2D eigenvalue weighted by atomic mass is 16.5. The molecular weight excluding hydrogens is 472 g/mol. The molecule has 5 rings (SSSR count). The molecule has 1 saturated heterocycles. The van der Waals surface area contributed by atoms with Crippen molar-refractivity contribution in [2.24, 2.45) is 5.92 Å². The summed E-state index contributed by atoms with van der Waals surface area (Å²) in [6.07, 6.45) is 2.25. The zero-order valence-electron chi connectivity index (χ0n) is 23.0. The highest BCUT2D eigenvalue weighted by molar-refractivity contribution is 6.00. The van der Waals surface area contributed by atoms with Crippen LogP contribution in [0.3, 0.4) is 0 Å². The molecule has 3 atom stereocenters. The van der Waals surface area contributed by atoms with Crippen LogP contribution in [0, 0.1) is 5.92 Å². The molecule has 3 aromatic carbocycles. The molecule has 0 saturated carbocycles. The van der Waals surface area contributed by atoms with Crippen molar-refractivity contribution in [3.05, 3.63) is 83.4 Å². The van der Waals surface area contributed by atoms with Gasteiger partial charge in [0.1, 0.15) is 23.9 Å². The third-order valence-electron chi connectivity index (χ3n) is 8.07. The molecule has 3 aromatic rings. The van der Waals surface area contributed by atoms with Crippen LogP contribution in [0.2, 0.25) is 0 Å². The van der Waals surface area contributed by atoms with Crippen LogP contribution in [0.5, 0.6) is 17.2 Å². The Morgan fingerprint density at radius 2 is 1.76 bits per heavy atom. The van der Waals surface area contributed by atoms with Crippen LogP contribution in [0.1, 0.15) is 63.3 Å². The molecule has 2 aliphatic heterocycles. The minimum Gasteiger partial charge on any atom is -0.508 e. The first-order chi connectivity index (χ1) is 18.4. The second kappa shape index (κ2) is 11.1. The highest BCUT2D eigenvalue weighted by Gasteiger charge is 2.33. The summed E-state index contributed by atoms with van der Waals surface area (Å²) < 4.78 is 6.22. The van der Waals surface area contributed by atoms with E-state index in [9.17, 15) is 10.2 Å². The Kier molecular flexibility index (Phi) is 7.66. The lowest BCUT2D eigenvalue weighted by atomic mass is 9.81. The van der Waals surface area contributed by atoms with Crippen LogP contribution < -0.4 is 9.64 Å². The minimum absolute atomic E-state index is 0.0344. The number of anilines is 1. The smallest absolute Gasteiger partial charge is 0.119 e. The first-order valence-electron chi connectivity index (χ1n) is 13.9. The summed E-state index contributed by atoms with van der Waals surface area (Å²) in [5.74, 6) is 2.16. The van der Waals surface area contributed by atoms with Gasteiger partial charge in [-0.3, -0.25) is 4.90 Å². The number of fused-ring (bicyclic) bond motifs is 1. The number of ether oxygens (including phenoxy) is 1. The van der Waals surface area contributed by atoms with Crippen LogP contribution in [-0.4, -0.2) is 47.4 Å². The van der Waals surface area contributed by atoms with Gasteiger partial charge in [-0.05, 0) is 104 Å². The fraction of sp³-hybridized carbons (Fsp3) is 0.394. The van der Waals surface area contributed by atoms with E-state index in [1.54, 1.807) is 12.1 Å². The van der Waals surface area contributed by atoms with Gasteiger partial charge in [-0.15, -0.1) is 0 Å². The fourth-order valence-corrected chi connectivity index (χ4v) is 6.04. The largest absolute Gasteiger partial charge is 0.508 e. The van der Waals surface area contributed by atoms with Gasteiger partial charge in [-0.25, -0.2) is 0 Å². The van der Waals surface area contributed by atoms with Gasteiger partial charge in [0.2, 0.25) is 0 Å². The Morgan fingerprint density at radius 1 is 1.00 bits per heavy atom. The Hall–Kier alpha value is -3.44. The van der Waals surface area contributed by atoms with Gasteiger partial charge in [0, 0.05) is 30.4 Å². The average Bonchev–Trinajstić information content (AvgIpc) is 3.35. The number of hydrogen-bond acceptors (Lipinski definition) is 5. The predicted molar refractivity (Wildman–Crippen MR) is 156 cm³/mol. The summed E-state index contributed by atoms with van der Waals surface area (Å²) in [4.78, 5) is 4.95. The molecule has 3 unspecified atom stereocenters. The van der Waals surface area contributed by atoms with E-state index in [1.807, 2.05) is 24.3 Å². The Bertz CT molecular complexity index is 1300. The topological polar surface area (TPSA) is 56.2 Å². The number of benzene rings is 3. The number of rotatable bonds is 8. The lowest BCUT2D eigenvalue weighted by Crippen LogP contribution is -2.35. The van der Waals surface area contributed by atoms with Gasteiger partial charge >= 0.3 is 0 Å². The summed E-state index contributed by atoms with van der Waals surface area (Å²) in [5, 5.41) is 20.6. The number of nitrogens with zero attached hydrogens (tertiary/aromatic N) is 2. The van der Waals surface area contributed by atoms with Gasteiger partial charge < -0.3 is 19.8 Å². The molecule has 5 nitrogen and oxygen atoms in total.